The normalized spacial score (nSPS) is 12.2. The molecule has 0 aliphatic rings. The molecule has 0 aliphatic heterocycles. The van der Waals surface area contributed by atoms with Gasteiger partial charge in [0.15, 0.2) is 11.5 Å². The number of hydrogen-bond acceptors (Lipinski definition) is 4. The lowest BCUT2D eigenvalue weighted by atomic mass is 10.0. The third-order valence-electron chi connectivity index (χ3n) is 3.22. The highest BCUT2D eigenvalue weighted by atomic mass is 16.5. The zero-order valence-corrected chi connectivity index (χ0v) is 13.8. The number of rotatable bonds is 11. The topological polar surface area (TPSA) is 39.7 Å². The summed E-state index contributed by atoms with van der Waals surface area (Å²) >= 11 is 0. The van der Waals surface area contributed by atoms with Crippen molar-refractivity contribution in [3.63, 3.8) is 0 Å². The molecule has 4 nitrogen and oxygen atoms in total. The molecule has 21 heavy (non-hydrogen) atoms. The van der Waals surface area contributed by atoms with Crippen LogP contribution in [-0.2, 0) is 4.74 Å². The number of benzene rings is 1. The van der Waals surface area contributed by atoms with Crippen LogP contribution in [0.2, 0.25) is 0 Å². The Hall–Kier alpha value is -1.26. The quantitative estimate of drug-likeness (QED) is 0.677. The Balaban J connectivity index is 2.92. The molecular weight excluding hydrogens is 266 g/mol. The van der Waals surface area contributed by atoms with Crippen molar-refractivity contribution in [2.24, 2.45) is 0 Å². The smallest absolute Gasteiger partial charge is 0.161 e. The van der Waals surface area contributed by atoms with Crippen LogP contribution in [0, 0.1) is 0 Å². The first kappa shape index (κ1) is 17.8. The minimum atomic E-state index is 0.278. The van der Waals surface area contributed by atoms with Crippen molar-refractivity contribution in [3.8, 4) is 11.5 Å². The van der Waals surface area contributed by atoms with Gasteiger partial charge >= 0.3 is 0 Å². The van der Waals surface area contributed by atoms with Gasteiger partial charge in [0, 0.05) is 19.8 Å². The first-order chi connectivity index (χ1) is 10.3. The van der Waals surface area contributed by atoms with E-state index in [0.717, 1.165) is 37.5 Å². The Morgan fingerprint density at radius 1 is 1.05 bits per heavy atom. The lowest BCUT2D eigenvalue weighted by molar-refractivity contribution is 0.183. The third-order valence-corrected chi connectivity index (χ3v) is 3.22. The molecule has 1 rings (SSSR count). The summed E-state index contributed by atoms with van der Waals surface area (Å²) in [6.45, 7) is 9.14. The molecule has 1 unspecified atom stereocenters. The van der Waals surface area contributed by atoms with E-state index in [1.54, 1.807) is 7.11 Å². The highest BCUT2D eigenvalue weighted by Gasteiger charge is 2.14. The van der Waals surface area contributed by atoms with E-state index in [0.29, 0.717) is 13.2 Å². The van der Waals surface area contributed by atoms with Crippen molar-refractivity contribution in [2.45, 2.75) is 39.7 Å². The second kappa shape index (κ2) is 10.5. The number of hydrogen-bond donors (Lipinski definition) is 1. The van der Waals surface area contributed by atoms with Gasteiger partial charge in [-0.15, -0.1) is 0 Å². The maximum Gasteiger partial charge on any atom is 0.161 e. The monoisotopic (exact) mass is 295 g/mol. The van der Waals surface area contributed by atoms with E-state index in [1.807, 2.05) is 19.9 Å². The van der Waals surface area contributed by atoms with Gasteiger partial charge in [-0.1, -0.05) is 13.0 Å². The third kappa shape index (κ3) is 5.94. The minimum absolute atomic E-state index is 0.278. The van der Waals surface area contributed by atoms with Crippen molar-refractivity contribution in [2.75, 3.05) is 33.5 Å². The van der Waals surface area contributed by atoms with Gasteiger partial charge in [-0.05, 0) is 50.9 Å². The van der Waals surface area contributed by atoms with Crippen molar-refractivity contribution < 1.29 is 14.2 Å². The highest BCUT2D eigenvalue weighted by Crippen LogP contribution is 2.31. The van der Waals surface area contributed by atoms with E-state index in [9.17, 15) is 0 Å². The van der Waals surface area contributed by atoms with Crippen molar-refractivity contribution >= 4 is 0 Å². The first-order valence-electron chi connectivity index (χ1n) is 7.88. The van der Waals surface area contributed by atoms with Gasteiger partial charge in [0.2, 0.25) is 0 Å². The van der Waals surface area contributed by atoms with Gasteiger partial charge in [-0.25, -0.2) is 0 Å². The van der Waals surface area contributed by atoms with Gasteiger partial charge < -0.3 is 19.5 Å². The second-order valence-electron chi connectivity index (χ2n) is 4.86. The summed E-state index contributed by atoms with van der Waals surface area (Å²) < 4.78 is 16.5. The molecule has 0 aliphatic carbocycles. The molecule has 0 spiro atoms. The van der Waals surface area contributed by atoms with Gasteiger partial charge in [-0.3, -0.25) is 0 Å². The molecule has 0 aromatic heterocycles. The summed E-state index contributed by atoms with van der Waals surface area (Å²) in [5, 5.41) is 3.56. The van der Waals surface area contributed by atoms with E-state index in [1.165, 1.54) is 5.56 Å². The summed E-state index contributed by atoms with van der Waals surface area (Å²) in [5.41, 5.74) is 1.22. The van der Waals surface area contributed by atoms with E-state index in [-0.39, 0.29) is 6.04 Å². The van der Waals surface area contributed by atoms with Crippen LogP contribution in [0.4, 0.5) is 0 Å². The van der Waals surface area contributed by atoms with Crippen LogP contribution in [0.1, 0.15) is 45.2 Å². The molecule has 1 aromatic carbocycles. The van der Waals surface area contributed by atoms with Gasteiger partial charge in [0.05, 0.1) is 13.2 Å². The van der Waals surface area contributed by atoms with Crippen LogP contribution >= 0.6 is 0 Å². The fourth-order valence-electron chi connectivity index (χ4n) is 2.23. The standard InChI is InChI=1S/C17H29NO3/c1-5-11-18-15(10-12-19-4)14-8-9-16(20-6-2)17(13-14)21-7-3/h8-9,13,15,18H,5-7,10-12H2,1-4H3. The molecule has 1 atom stereocenters. The predicted molar refractivity (Wildman–Crippen MR) is 86.3 cm³/mol. The molecule has 0 bridgehead atoms. The van der Waals surface area contributed by atoms with Crippen molar-refractivity contribution in [1.29, 1.82) is 0 Å². The van der Waals surface area contributed by atoms with E-state index < -0.39 is 0 Å². The summed E-state index contributed by atoms with van der Waals surface area (Å²) in [5.74, 6) is 1.63. The largest absolute Gasteiger partial charge is 0.490 e. The lowest BCUT2D eigenvalue weighted by Crippen LogP contribution is -2.23. The average Bonchev–Trinajstić information content (AvgIpc) is 2.50. The second-order valence-corrected chi connectivity index (χ2v) is 4.86. The summed E-state index contributed by atoms with van der Waals surface area (Å²) in [4.78, 5) is 0. The predicted octanol–water partition coefficient (Wildman–Crippen LogP) is 3.56. The van der Waals surface area contributed by atoms with Crippen molar-refractivity contribution in [1.82, 2.24) is 5.32 Å². The summed E-state index contributed by atoms with van der Waals surface area (Å²) in [7, 11) is 1.74. The Morgan fingerprint density at radius 2 is 1.76 bits per heavy atom. The van der Waals surface area contributed by atoms with Crippen LogP contribution in [-0.4, -0.2) is 33.5 Å². The summed E-state index contributed by atoms with van der Waals surface area (Å²) in [6, 6.07) is 6.46. The van der Waals surface area contributed by atoms with Crippen molar-refractivity contribution in [3.05, 3.63) is 23.8 Å². The first-order valence-corrected chi connectivity index (χ1v) is 7.88. The molecule has 0 amide bonds. The highest BCUT2D eigenvalue weighted by molar-refractivity contribution is 5.44. The fourth-order valence-corrected chi connectivity index (χ4v) is 2.23. The van der Waals surface area contributed by atoms with Crippen LogP contribution in [0.3, 0.4) is 0 Å². The maximum atomic E-state index is 5.71. The van der Waals surface area contributed by atoms with Gasteiger partial charge in [-0.2, -0.15) is 0 Å². The molecule has 0 fully saturated rings. The molecule has 0 saturated carbocycles. The Bertz CT molecular complexity index is 388. The van der Waals surface area contributed by atoms with Crippen LogP contribution in [0.5, 0.6) is 11.5 Å². The number of methoxy groups -OCH3 is 1. The van der Waals surface area contributed by atoms with E-state index in [2.05, 4.69) is 24.4 Å². The Labute approximate surface area is 128 Å². The zero-order chi connectivity index (χ0) is 15.5. The number of nitrogens with one attached hydrogen (secondary N) is 1. The average molecular weight is 295 g/mol. The summed E-state index contributed by atoms with van der Waals surface area (Å²) in [6.07, 6.45) is 2.05. The Kier molecular flexibility index (Phi) is 8.87. The minimum Gasteiger partial charge on any atom is -0.490 e. The van der Waals surface area contributed by atoms with E-state index >= 15 is 0 Å². The molecule has 0 saturated heterocycles. The molecule has 1 N–H and O–H groups in total. The number of ether oxygens (including phenoxy) is 3. The Morgan fingerprint density at radius 3 is 2.38 bits per heavy atom. The van der Waals surface area contributed by atoms with E-state index in [4.69, 9.17) is 14.2 Å². The van der Waals surface area contributed by atoms with Crippen LogP contribution in [0.15, 0.2) is 18.2 Å². The molecule has 4 heteroatoms. The lowest BCUT2D eigenvalue weighted by Gasteiger charge is -2.20. The molecule has 1 aromatic rings. The molecule has 120 valence electrons. The molecule has 0 heterocycles. The zero-order valence-electron chi connectivity index (χ0n) is 13.8. The van der Waals surface area contributed by atoms with Gasteiger partial charge in [0.1, 0.15) is 0 Å². The molecule has 0 radical (unpaired) electrons. The fraction of sp³-hybridized carbons (Fsp3) is 0.647. The SMILES string of the molecule is CCCNC(CCOC)c1ccc(OCC)c(OCC)c1. The molecular formula is C17H29NO3. The van der Waals surface area contributed by atoms with Crippen LogP contribution in [0.25, 0.3) is 0 Å². The maximum absolute atomic E-state index is 5.71. The van der Waals surface area contributed by atoms with Crippen LogP contribution < -0.4 is 14.8 Å². The van der Waals surface area contributed by atoms with Gasteiger partial charge in [0.25, 0.3) is 0 Å².